The Balaban J connectivity index is 4.75. The molecule has 0 rings (SSSR count). The van der Waals surface area contributed by atoms with Gasteiger partial charge in [-0.15, -0.1) is 0 Å². The molecule has 3 amide bonds. The summed E-state index contributed by atoms with van der Waals surface area (Å²) < 4.78 is 0. The van der Waals surface area contributed by atoms with Crippen LogP contribution in [0.1, 0.15) is 19.3 Å². The number of nitrogens with two attached hydrogens (primary N) is 2. The number of amides is 3. The predicted molar refractivity (Wildman–Crippen MR) is 89.6 cm³/mol. The number of carbonyl (C=O) groups excluding carboxylic acids is 3. The Labute approximate surface area is 150 Å². The smallest absolute Gasteiger partial charge is 0.328 e. The lowest BCUT2D eigenvalue weighted by Crippen LogP contribution is -2.54. The zero-order valence-corrected chi connectivity index (χ0v) is 14.3. The van der Waals surface area contributed by atoms with E-state index in [1.165, 1.54) is 0 Å². The topological polar surface area (TPSA) is 217 Å². The van der Waals surface area contributed by atoms with Gasteiger partial charge in [-0.25, -0.2) is 4.79 Å². The number of aliphatic hydroxyl groups excluding tert-OH is 2. The van der Waals surface area contributed by atoms with Crippen LogP contribution in [-0.2, 0) is 19.2 Å². The van der Waals surface area contributed by atoms with E-state index in [0.717, 1.165) is 0 Å². The molecule has 0 aliphatic carbocycles. The van der Waals surface area contributed by atoms with Gasteiger partial charge in [-0.3, -0.25) is 14.4 Å². The molecule has 10 N–H and O–H groups in total. The van der Waals surface area contributed by atoms with Crippen LogP contribution in [-0.4, -0.2) is 83.4 Å². The Morgan fingerprint density at radius 3 is 2.08 bits per heavy atom. The first-order chi connectivity index (χ1) is 12.3. The number of carboxylic acid groups (broad SMARTS) is 1. The number of aliphatic carboxylic acids is 1. The SMILES string of the molecule is NCCCC[C@H](NC(=O)CNC(=O)[C@@H](N)CO)C(=O)N[C@@H](CO)C(=O)O. The van der Waals surface area contributed by atoms with Gasteiger partial charge >= 0.3 is 5.97 Å². The van der Waals surface area contributed by atoms with E-state index in [4.69, 9.17) is 26.8 Å². The van der Waals surface area contributed by atoms with Gasteiger partial charge in [0, 0.05) is 0 Å². The van der Waals surface area contributed by atoms with Crippen LogP contribution in [0.4, 0.5) is 0 Å². The van der Waals surface area contributed by atoms with Crippen LogP contribution in [0.3, 0.4) is 0 Å². The summed E-state index contributed by atoms with van der Waals surface area (Å²) in [5.41, 5.74) is 10.7. The van der Waals surface area contributed by atoms with E-state index in [1.807, 2.05) is 0 Å². The van der Waals surface area contributed by atoms with Crippen LogP contribution >= 0.6 is 0 Å². The highest BCUT2D eigenvalue weighted by Crippen LogP contribution is 2.02. The van der Waals surface area contributed by atoms with Crippen molar-refractivity contribution in [3.8, 4) is 0 Å². The van der Waals surface area contributed by atoms with Crippen molar-refractivity contribution in [3.63, 3.8) is 0 Å². The summed E-state index contributed by atoms with van der Waals surface area (Å²) in [7, 11) is 0. The van der Waals surface area contributed by atoms with Crippen LogP contribution < -0.4 is 27.4 Å². The van der Waals surface area contributed by atoms with Gasteiger partial charge in [0.05, 0.1) is 19.8 Å². The first-order valence-corrected chi connectivity index (χ1v) is 8.04. The molecular formula is C14H27N5O7. The maximum Gasteiger partial charge on any atom is 0.328 e. The molecule has 0 aromatic rings. The van der Waals surface area contributed by atoms with Crippen molar-refractivity contribution in [3.05, 3.63) is 0 Å². The van der Waals surface area contributed by atoms with Crippen molar-refractivity contribution in [1.29, 1.82) is 0 Å². The predicted octanol–water partition coefficient (Wildman–Crippen LogP) is -4.40. The maximum atomic E-state index is 12.2. The van der Waals surface area contributed by atoms with Crippen molar-refractivity contribution in [2.24, 2.45) is 11.5 Å². The van der Waals surface area contributed by atoms with Gasteiger partial charge in [-0.1, -0.05) is 0 Å². The lowest BCUT2D eigenvalue weighted by atomic mass is 10.1. The number of hydrogen-bond acceptors (Lipinski definition) is 8. The third kappa shape index (κ3) is 9.27. The first-order valence-electron chi connectivity index (χ1n) is 8.04. The van der Waals surface area contributed by atoms with E-state index in [1.54, 1.807) is 0 Å². The van der Waals surface area contributed by atoms with Gasteiger partial charge in [0.2, 0.25) is 17.7 Å². The fourth-order valence-corrected chi connectivity index (χ4v) is 1.85. The molecule has 0 aromatic carbocycles. The summed E-state index contributed by atoms with van der Waals surface area (Å²) in [6.45, 7) is -1.49. The molecule has 0 saturated heterocycles. The lowest BCUT2D eigenvalue weighted by Gasteiger charge is -2.21. The number of carbonyl (C=O) groups is 4. The number of carboxylic acids is 1. The normalized spacial score (nSPS) is 14.0. The van der Waals surface area contributed by atoms with Crippen molar-refractivity contribution in [2.45, 2.75) is 37.4 Å². The average molecular weight is 377 g/mol. The maximum absolute atomic E-state index is 12.2. The minimum absolute atomic E-state index is 0.191. The summed E-state index contributed by atoms with van der Waals surface area (Å²) in [4.78, 5) is 46.4. The molecule has 12 nitrogen and oxygen atoms in total. The average Bonchev–Trinajstić information content (AvgIpc) is 2.62. The number of hydrogen-bond donors (Lipinski definition) is 8. The lowest BCUT2D eigenvalue weighted by molar-refractivity contribution is -0.143. The summed E-state index contributed by atoms with van der Waals surface area (Å²) in [5.74, 6) is -3.64. The molecule has 0 fully saturated rings. The number of aliphatic hydroxyl groups is 2. The molecule has 0 saturated carbocycles. The third-order valence-corrected chi connectivity index (χ3v) is 3.35. The van der Waals surface area contributed by atoms with Gasteiger partial charge in [-0.2, -0.15) is 0 Å². The van der Waals surface area contributed by atoms with E-state index in [2.05, 4.69) is 16.0 Å². The highest BCUT2D eigenvalue weighted by atomic mass is 16.4. The molecule has 0 unspecified atom stereocenters. The van der Waals surface area contributed by atoms with Crippen molar-refractivity contribution in [2.75, 3.05) is 26.3 Å². The quantitative estimate of drug-likeness (QED) is 0.145. The fraction of sp³-hybridized carbons (Fsp3) is 0.714. The minimum atomic E-state index is -1.50. The van der Waals surface area contributed by atoms with Crippen LogP contribution in [0.2, 0.25) is 0 Å². The number of nitrogens with one attached hydrogen (secondary N) is 3. The molecule has 26 heavy (non-hydrogen) atoms. The molecule has 0 aliphatic rings. The first kappa shape index (κ1) is 23.7. The Morgan fingerprint density at radius 1 is 0.923 bits per heavy atom. The van der Waals surface area contributed by atoms with Crippen LogP contribution in [0.5, 0.6) is 0 Å². The molecule has 0 aromatic heterocycles. The zero-order chi connectivity index (χ0) is 20.1. The summed E-state index contributed by atoms with van der Waals surface area (Å²) in [5, 5.41) is 33.3. The highest BCUT2D eigenvalue weighted by Gasteiger charge is 2.26. The van der Waals surface area contributed by atoms with Gasteiger partial charge in [0.25, 0.3) is 0 Å². The Morgan fingerprint density at radius 2 is 1.58 bits per heavy atom. The highest BCUT2D eigenvalue weighted by molar-refractivity contribution is 5.92. The van der Waals surface area contributed by atoms with Gasteiger partial charge in [0.1, 0.15) is 18.1 Å². The Bertz CT molecular complexity index is 488. The molecule has 0 radical (unpaired) electrons. The Kier molecular flexibility index (Phi) is 11.9. The van der Waals surface area contributed by atoms with Gasteiger partial charge in [-0.05, 0) is 25.8 Å². The Hall–Kier alpha value is -2.28. The van der Waals surface area contributed by atoms with E-state index >= 15 is 0 Å². The molecule has 12 heteroatoms. The molecule has 150 valence electrons. The molecule has 0 spiro atoms. The van der Waals surface area contributed by atoms with Crippen LogP contribution in [0.25, 0.3) is 0 Å². The largest absolute Gasteiger partial charge is 0.480 e. The number of rotatable bonds is 13. The third-order valence-electron chi connectivity index (χ3n) is 3.35. The standard InChI is InChI=1S/C14H27N5O7/c15-4-2-1-3-9(13(24)19-10(7-21)14(25)26)18-11(22)5-17-12(23)8(16)6-20/h8-10,20-21H,1-7,15-16H2,(H,17,23)(H,18,22)(H,19,24)(H,25,26)/t8-,9-,10-/m0/s1. The summed E-state index contributed by atoms with van der Waals surface area (Å²) >= 11 is 0. The van der Waals surface area contributed by atoms with Crippen LogP contribution in [0.15, 0.2) is 0 Å². The monoisotopic (exact) mass is 377 g/mol. The van der Waals surface area contributed by atoms with E-state index in [0.29, 0.717) is 19.4 Å². The summed E-state index contributed by atoms with van der Waals surface area (Å²) in [6, 6.07) is -3.74. The fourth-order valence-electron chi connectivity index (χ4n) is 1.85. The second-order valence-electron chi connectivity index (χ2n) is 5.49. The minimum Gasteiger partial charge on any atom is -0.480 e. The van der Waals surface area contributed by atoms with E-state index < -0.39 is 61.6 Å². The molecule has 0 bridgehead atoms. The molecule has 3 atom stereocenters. The van der Waals surface area contributed by atoms with E-state index in [9.17, 15) is 19.2 Å². The molecule has 0 heterocycles. The van der Waals surface area contributed by atoms with Crippen molar-refractivity contribution in [1.82, 2.24) is 16.0 Å². The summed E-state index contributed by atoms with van der Waals surface area (Å²) in [6.07, 6.45) is 1.27. The molecule has 0 aliphatic heterocycles. The molecular weight excluding hydrogens is 350 g/mol. The van der Waals surface area contributed by atoms with Gasteiger partial charge in [0.15, 0.2) is 0 Å². The second-order valence-corrected chi connectivity index (χ2v) is 5.49. The second kappa shape index (κ2) is 13.0. The number of unbranched alkanes of at least 4 members (excludes halogenated alkanes) is 1. The van der Waals surface area contributed by atoms with Gasteiger partial charge < -0.3 is 42.7 Å². The van der Waals surface area contributed by atoms with Crippen molar-refractivity contribution < 1.29 is 34.5 Å². The van der Waals surface area contributed by atoms with Crippen LogP contribution in [0, 0.1) is 0 Å². The zero-order valence-electron chi connectivity index (χ0n) is 14.3. The van der Waals surface area contributed by atoms with Crippen molar-refractivity contribution >= 4 is 23.7 Å². The van der Waals surface area contributed by atoms with E-state index in [-0.39, 0.29) is 6.42 Å².